The van der Waals surface area contributed by atoms with E-state index in [4.69, 9.17) is 0 Å². The Morgan fingerprint density at radius 3 is 2.82 bits per heavy atom. The van der Waals surface area contributed by atoms with Crippen molar-refractivity contribution >= 4 is 33.5 Å². The predicted molar refractivity (Wildman–Crippen MR) is 77.2 cm³/mol. The molecule has 5 heteroatoms. The lowest BCUT2D eigenvalue weighted by Crippen LogP contribution is -2.41. The summed E-state index contributed by atoms with van der Waals surface area (Å²) < 4.78 is 0. The van der Waals surface area contributed by atoms with Crippen LogP contribution in [0, 0.1) is 0 Å². The van der Waals surface area contributed by atoms with E-state index in [9.17, 15) is 0 Å². The zero-order chi connectivity index (χ0) is 12.3. The fourth-order valence-corrected chi connectivity index (χ4v) is 3.63. The molecule has 0 N–H and O–H groups in total. The van der Waals surface area contributed by atoms with E-state index in [1.54, 1.807) is 18.1 Å². The van der Waals surface area contributed by atoms with Crippen LogP contribution in [0.15, 0.2) is 17.4 Å². The summed E-state index contributed by atoms with van der Waals surface area (Å²) in [6, 6.07) is 2.62. The highest BCUT2D eigenvalue weighted by Gasteiger charge is 2.27. The number of aromatic nitrogens is 2. The molecule has 1 saturated carbocycles. The first kappa shape index (κ1) is 13.1. The molecule has 1 aliphatic carbocycles. The van der Waals surface area contributed by atoms with E-state index in [1.807, 2.05) is 6.26 Å². The van der Waals surface area contributed by atoms with Gasteiger partial charge in [-0.1, -0.05) is 28.8 Å². The summed E-state index contributed by atoms with van der Waals surface area (Å²) in [6.07, 6.45) is 8.85. The molecule has 1 aromatic heterocycles. The monoisotopic (exact) mass is 315 g/mol. The summed E-state index contributed by atoms with van der Waals surface area (Å²) in [5.41, 5.74) is 0. The average Bonchev–Trinajstić information content (AvgIpc) is 2.38. The Hall–Kier alpha value is -0.290. The maximum atomic E-state index is 4.38. The summed E-state index contributed by atoms with van der Waals surface area (Å²) in [5, 5.41) is 1.03. The van der Waals surface area contributed by atoms with Gasteiger partial charge in [-0.15, -0.1) is 11.8 Å². The number of anilines is 1. The van der Waals surface area contributed by atoms with Crippen molar-refractivity contribution in [3.63, 3.8) is 0 Å². The number of rotatable bonds is 3. The molecule has 1 aliphatic rings. The zero-order valence-corrected chi connectivity index (χ0v) is 12.7. The minimum absolute atomic E-state index is 0.549. The predicted octanol–water partition coefficient (Wildman–Crippen LogP) is 3.34. The van der Waals surface area contributed by atoms with Crippen LogP contribution in [0.25, 0.3) is 0 Å². The Morgan fingerprint density at radius 2 is 2.12 bits per heavy atom. The molecule has 17 heavy (non-hydrogen) atoms. The van der Waals surface area contributed by atoms with Gasteiger partial charge in [0.2, 0.25) is 0 Å². The maximum absolute atomic E-state index is 4.38. The Bertz CT molecular complexity index is 375. The first-order valence-corrected chi connectivity index (χ1v) is 8.09. The fourth-order valence-electron chi connectivity index (χ4n) is 2.31. The highest BCUT2D eigenvalue weighted by molar-refractivity contribution is 9.09. The van der Waals surface area contributed by atoms with Gasteiger partial charge in [0.25, 0.3) is 0 Å². The average molecular weight is 316 g/mol. The number of nitrogens with zero attached hydrogens (tertiary/aromatic N) is 3. The van der Waals surface area contributed by atoms with Crippen molar-refractivity contribution in [1.82, 2.24) is 9.97 Å². The summed E-state index contributed by atoms with van der Waals surface area (Å²) in [4.78, 5) is 11.5. The SMILES string of the molecule is CSc1cc(N(C)C2CCCCC2Br)ncn1. The second-order valence-electron chi connectivity index (χ2n) is 4.40. The van der Waals surface area contributed by atoms with E-state index in [0.29, 0.717) is 10.9 Å². The number of halogens is 1. The van der Waals surface area contributed by atoms with E-state index in [2.05, 4.69) is 43.9 Å². The largest absolute Gasteiger partial charge is 0.355 e. The molecule has 0 amide bonds. The number of alkyl halides is 1. The number of thioether (sulfide) groups is 1. The minimum Gasteiger partial charge on any atom is -0.355 e. The fraction of sp³-hybridized carbons (Fsp3) is 0.667. The van der Waals surface area contributed by atoms with Crippen molar-refractivity contribution in [3.8, 4) is 0 Å². The molecule has 0 spiro atoms. The van der Waals surface area contributed by atoms with Crippen LogP contribution in [0.5, 0.6) is 0 Å². The van der Waals surface area contributed by atoms with E-state index in [-0.39, 0.29) is 0 Å². The smallest absolute Gasteiger partial charge is 0.133 e. The van der Waals surface area contributed by atoms with Crippen LogP contribution in [-0.4, -0.2) is 34.1 Å². The zero-order valence-electron chi connectivity index (χ0n) is 10.3. The van der Waals surface area contributed by atoms with Crippen LogP contribution in [0.3, 0.4) is 0 Å². The van der Waals surface area contributed by atoms with Crippen molar-refractivity contribution in [2.75, 3.05) is 18.2 Å². The van der Waals surface area contributed by atoms with Crippen molar-refractivity contribution in [1.29, 1.82) is 0 Å². The molecule has 2 unspecified atom stereocenters. The molecule has 0 bridgehead atoms. The van der Waals surface area contributed by atoms with Crippen LogP contribution in [0.1, 0.15) is 25.7 Å². The minimum atomic E-state index is 0.549. The van der Waals surface area contributed by atoms with Gasteiger partial charge in [-0.2, -0.15) is 0 Å². The van der Waals surface area contributed by atoms with E-state index >= 15 is 0 Å². The third-order valence-corrected chi connectivity index (χ3v) is 5.05. The quantitative estimate of drug-likeness (QED) is 0.486. The van der Waals surface area contributed by atoms with Crippen LogP contribution >= 0.6 is 27.7 Å². The Kier molecular flexibility index (Phi) is 4.68. The Balaban J connectivity index is 2.14. The highest BCUT2D eigenvalue weighted by Crippen LogP contribution is 2.30. The lowest BCUT2D eigenvalue weighted by atomic mass is 9.94. The molecule has 3 nitrogen and oxygen atoms in total. The molecule has 0 radical (unpaired) electrons. The second kappa shape index (κ2) is 6.05. The molecule has 94 valence electrons. The molecular formula is C12H18BrN3S. The summed E-state index contributed by atoms with van der Waals surface area (Å²) in [5.74, 6) is 1.03. The van der Waals surface area contributed by atoms with Crippen molar-refractivity contribution < 1.29 is 0 Å². The van der Waals surface area contributed by atoms with Gasteiger partial charge in [-0.05, 0) is 19.1 Å². The molecule has 0 aliphatic heterocycles. The van der Waals surface area contributed by atoms with Crippen LogP contribution in [-0.2, 0) is 0 Å². The standard InChI is InChI=1S/C12H18BrN3S/c1-16(10-6-4-3-5-9(10)13)11-7-12(17-2)15-8-14-11/h7-10H,3-6H2,1-2H3. The molecule has 0 saturated heterocycles. The van der Waals surface area contributed by atoms with Gasteiger partial charge >= 0.3 is 0 Å². The van der Waals surface area contributed by atoms with Crippen LogP contribution in [0.2, 0.25) is 0 Å². The molecule has 2 rings (SSSR count). The van der Waals surface area contributed by atoms with Gasteiger partial charge in [0.1, 0.15) is 17.2 Å². The Labute approximate surface area is 116 Å². The van der Waals surface area contributed by atoms with Gasteiger partial charge in [0, 0.05) is 24.0 Å². The molecular weight excluding hydrogens is 298 g/mol. The first-order chi connectivity index (χ1) is 8.22. The summed E-state index contributed by atoms with van der Waals surface area (Å²) in [7, 11) is 2.14. The molecule has 1 fully saturated rings. The van der Waals surface area contributed by atoms with E-state index < -0.39 is 0 Å². The lowest BCUT2D eigenvalue weighted by molar-refractivity contribution is 0.442. The van der Waals surface area contributed by atoms with Gasteiger partial charge in [-0.3, -0.25) is 0 Å². The van der Waals surface area contributed by atoms with E-state index in [1.165, 1.54) is 25.7 Å². The highest BCUT2D eigenvalue weighted by atomic mass is 79.9. The summed E-state index contributed by atoms with van der Waals surface area (Å²) >= 11 is 5.46. The van der Waals surface area contributed by atoms with Crippen LogP contribution in [0.4, 0.5) is 5.82 Å². The van der Waals surface area contributed by atoms with Crippen molar-refractivity contribution in [3.05, 3.63) is 12.4 Å². The number of hydrogen-bond donors (Lipinski definition) is 0. The maximum Gasteiger partial charge on any atom is 0.133 e. The Morgan fingerprint density at radius 1 is 1.35 bits per heavy atom. The lowest BCUT2D eigenvalue weighted by Gasteiger charge is -2.35. The molecule has 1 aromatic rings. The van der Waals surface area contributed by atoms with Crippen LogP contribution < -0.4 is 4.90 Å². The van der Waals surface area contributed by atoms with Crippen molar-refractivity contribution in [2.45, 2.75) is 41.6 Å². The third-order valence-electron chi connectivity index (χ3n) is 3.34. The van der Waals surface area contributed by atoms with Gasteiger partial charge in [-0.25, -0.2) is 9.97 Å². The molecule has 2 atom stereocenters. The number of hydrogen-bond acceptors (Lipinski definition) is 4. The first-order valence-electron chi connectivity index (χ1n) is 5.95. The van der Waals surface area contributed by atoms with Gasteiger partial charge in [0.15, 0.2) is 0 Å². The van der Waals surface area contributed by atoms with Gasteiger partial charge < -0.3 is 4.90 Å². The molecule has 0 aromatic carbocycles. The topological polar surface area (TPSA) is 29.0 Å². The van der Waals surface area contributed by atoms with E-state index in [0.717, 1.165) is 10.8 Å². The third kappa shape index (κ3) is 3.13. The second-order valence-corrected chi connectivity index (χ2v) is 6.40. The molecule has 1 heterocycles. The summed E-state index contributed by atoms with van der Waals surface area (Å²) in [6.45, 7) is 0. The van der Waals surface area contributed by atoms with Crippen molar-refractivity contribution in [2.24, 2.45) is 0 Å². The normalized spacial score (nSPS) is 24.6. The van der Waals surface area contributed by atoms with Gasteiger partial charge in [0.05, 0.1) is 0 Å².